The average molecular weight is 598 g/mol. The van der Waals surface area contributed by atoms with Gasteiger partial charge in [-0.3, -0.25) is 4.68 Å². The highest BCUT2D eigenvalue weighted by atomic mass is 127. The molecule has 2 N–H and O–H groups in total. The van der Waals surface area contributed by atoms with Gasteiger partial charge in [0.05, 0.1) is 16.4 Å². The molecule has 1 aromatic heterocycles. The Hall–Kier alpha value is -2.11. The number of aryl methyl sites for hydroxylation is 1. The Bertz CT molecular complexity index is 1020. The Morgan fingerprint density at radius 3 is 2.45 bits per heavy atom. The van der Waals surface area contributed by atoms with Gasteiger partial charge in [0.25, 0.3) is 0 Å². The van der Waals surface area contributed by atoms with E-state index in [1.54, 1.807) is 10.9 Å². The molecule has 0 bridgehead atoms. The molecule has 2 amide bonds. The molecule has 164 valence electrons. The number of aromatic nitrogens is 2. The van der Waals surface area contributed by atoms with Crippen molar-refractivity contribution >= 4 is 55.9 Å². The molecule has 0 fully saturated rings. The number of anilines is 2. The van der Waals surface area contributed by atoms with Crippen molar-refractivity contribution in [1.29, 1.82) is 0 Å². The SMILES string of the molecule is CN(C)CCOc1ccc(NC(=O)Nc2ccc(CI)cc2)cc1-c1c(Br)cnn1C. The lowest BCUT2D eigenvalue weighted by Gasteiger charge is -2.16. The summed E-state index contributed by atoms with van der Waals surface area (Å²) in [5, 5.41) is 10.1. The first-order valence-electron chi connectivity index (χ1n) is 9.69. The molecule has 0 spiro atoms. The van der Waals surface area contributed by atoms with Crippen LogP contribution in [0.4, 0.5) is 16.2 Å². The summed E-state index contributed by atoms with van der Waals surface area (Å²) >= 11 is 5.87. The van der Waals surface area contributed by atoms with Crippen LogP contribution in [0.15, 0.2) is 53.1 Å². The van der Waals surface area contributed by atoms with Crippen molar-refractivity contribution in [2.45, 2.75) is 4.43 Å². The highest BCUT2D eigenvalue weighted by Gasteiger charge is 2.16. The maximum atomic E-state index is 12.5. The topological polar surface area (TPSA) is 71.4 Å². The van der Waals surface area contributed by atoms with Crippen molar-refractivity contribution in [3.63, 3.8) is 0 Å². The van der Waals surface area contributed by atoms with Crippen molar-refractivity contribution in [3.05, 3.63) is 58.7 Å². The molecule has 0 aliphatic heterocycles. The summed E-state index contributed by atoms with van der Waals surface area (Å²) in [5.74, 6) is 0.728. The Balaban J connectivity index is 1.80. The molecule has 0 atom stereocenters. The van der Waals surface area contributed by atoms with Crippen molar-refractivity contribution in [2.75, 3.05) is 37.9 Å². The number of nitrogens with zero attached hydrogens (tertiary/aromatic N) is 3. The van der Waals surface area contributed by atoms with Crippen LogP contribution in [0, 0.1) is 0 Å². The van der Waals surface area contributed by atoms with E-state index in [9.17, 15) is 4.79 Å². The van der Waals surface area contributed by atoms with Gasteiger partial charge >= 0.3 is 6.03 Å². The zero-order valence-corrected chi connectivity index (χ0v) is 21.4. The average Bonchev–Trinajstić information content (AvgIpc) is 3.07. The number of likely N-dealkylation sites (N-methyl/N-ethyl adjacent to an activating group) is 1. The van der Waals surface area contributed by atoms with Crippen LogP contribution in [0.25, 0.3) is 11.3 Å². The second kappa shape index (κ2) is 11.0. The summed E-state index contributed by atoms with van der Waals surface area (Å²) in [6, 6.07) is 13.1. The van der Waals surface area contributed by atoms with Crippen LogP contribution in [0.5, 0.6) is 5.75 Å². The van der Waals surface area contributed by atoms with Gasteiger partial charge in [0.1, 0.15) is 12.4 Å². The predicted octanol–water partition coefficient (Wildman–Crippen LogP) is 5.37. The van der Waals surface area contributed by atoms with Gasteiger partial charge in [0.15, 0.2) is 0 Å². The molecule has 0 aliphatic rings. The maximum absolute atomic E-state index is 12.5. The van der Waals surface area contributed by atoms with E-state index in [-0.39, 0.29) is 6.03 Å². The summed E-state index contributed by atoms with van der Waals surface area (Å²) in [6.07, 6.45) is 1.74. The molecule has 2 aromatic carbocycles. The lowest BCUT2D eigenvalue weighted by Crippen LogP contribution is -2.20. The highest BCUT2D eigenvalue weighted by molar-refractivity contribution is 14.1. The fourth-order valence-electron chi connectivity index (χ4n) is 2.94. The summed E-state index contributed by atoms with van der Waals surface area (Å²) in [4.78, 5) is 14.6. The normalized spacial score (nSPS) is 10.9. The van der Waals surface area contributed by atoms with E-state index >= 15 is 0 Å². The number of hydrogen-bond donors (Lipinski definition) is 2. The van der Waals surface area contributed by atoms with Crippen LogP contribution in [-0.4, -0.2) is 48.0 Å². The third-order valence-corrected chi connectivity index (χ3v) is 6.01. The number of carbonyl (C=O) groups is 1. The van der Waals surface area contributed by atoms with Gasteiger partial charge in [-0.05, 0) is 65.9 Å². The molecule has 3 aromatic rings. The van der Waals surface area contributed by atoms with Gasteiger partial charge in [0, 0.05) is 35.0 Å². The van der Waals surface area contributed by atoms with Gasteiger partial charge < -0.3 is 20.3 Å². The number of halogens is 2. The molecular weight excluding hydrogens is 573 g/mol. The van der Waals surface area contributed by atoms with Crippen molar-refractivity contribution in [1.82, 2.24) is 14.7 Å². The molecule has 0 aliphatic carbocycles. The lowest BCUT2D eigenvalue weighted by atomic mass is 10.1. The van der Waals surface area contributed by atoms with Crippen LogP contribution >= 0.6 is 38.5 Å². The number of hydrogen-bond acceptors (Lipinski definition) is 4. The minimum absolute atomic E-state index is 0.307. The van der Waals surface area contributed by atoms with E-state index in [2.05, 4.69) is 59.2 Å². The smallest absolute Gasteiger partial charge is 0.323 e. The number of nitrogens with one attached hydrogen (secondary N) is 2. The summed E-state index contributed by atoms with van der Waals surface area (Å²) in [6.45, 7) is 1.35. The fraction of sp³-hybridized carbons (Fsp3) is 0.273. The molecule has 7 nitrogen and oxygen atoms in total. The zero-order valence-electron chi connectivity index (χ0n) is 17.7. The molecular formula is C22H25BrIN5O2. The minimum Gasteiger partial charge on any atom is -0.492 e. The Morgan fingerprint density at radius 2 is 1.84 bits per heavy atom. The largest absolute Gasteiger partial charge is 0.492 e. The monoisotopic (exact) mass is 597 g/mol. The highest BCUT2D eigenvalue weighted by Crippen LogP contribution is 2.36. The second-order valence-corrected chi connectivity index (χ2v) is 8.85. The standard InChI is InChI=1S/C22H25BrIN5O2/c1-28(2)10-11-31-20-9-8-17(12-18(20)21-19(23)14-25-29(21)3)27-22(30)26-16-6-4-15(13-24)5-7-16/h4-9,12,14H,10-11,13H2,1-3H3,(H2,26,27,30). The van der Waals surface area contributed by atoms with E-state index in [1.807, 2.05) is 63.6 Å². The number of urea groups is 1. The summed E-state index contributed by atoms with van der Waals surface area (Å²) in [5.41, 5.74) is 4.32. The third kappa shape index (κ3) is 6.44. The van der Waals surface area contributed by atoms with Crippen molar-refractivity contribution in [3.8, 4) is 17.0 Å². The first kappa shape index (κ1) is 23.6. The zero-order chi connectivity index (χ0) is 22.4. The van der Waals surface area contributed by atoms with E-state index in [4.69, 9.17) is 4.74 Å². The van der Waals surface area contributed by atoms with Crippen LogP contribution in [0.1, 0.15) is 5.56 Å². The van der Waals surface area contributed by atoms with E-state index in [0.717, 1.165) is 38.1 Å². The molecule has 31 heavy (non-hydrogen) atoms. The summed E-state index contributed by atoms with van der Waals surface area (Å²) < 4.78 is 9.58. The Labute approximate surface area is 204 Å². The molecule has 1 heterocycles. The van der Waals surface area contributed by atoms with Crippen LogP contribution < -0.4 is 15.4 Å². The number of amides is 2. The van der Waals surface area contributed by atoms with Gasteiger partial charge in [-0.2, -0.15) is 5.10 Å². The lowest BCUT2D eigenvalue weighted by molar-refractivity contribution is 0.261. The fourth-order valence-corrected chi connectivity index (χ4v) is 4.01. The molecule has 0 radical (unpaired) electrons. The van der Waals surface area contributed by atoms with Crippen LogP contribution in [0.2, 0.25) is 0 Å². The number of benzene rings is 2. The molecule has 0 saturated carbocycles. The molecule has 0 saturated heterocycles. The minimum atomic E-state index is -0.307. The van der Waals surface area contributed by atoms with Gasteiger partial charge in [-0.25, -0.2) is 4.79 Å². The molecule has 0 unspecified atom stereocenters. The summed E-state index contributed by atoms with van der Waals surface area (Å²) in [7, 11) is 5.88. The van der Waals surface area contributed by atoms with Crippen LogP contribution in [-0.2, 0) is 11.5 Å². The first-order valence-corrected chi connectivity index (χ1v) is 12.0. The van der Waals surface area contributed by atoms with Crippen molar-refractivity contribution in [2.24, 2.45) is 7.05 Å². The number of alkyl halides is 1. The quantitative estimate of drug-likeness (QED) is 0.271. The molecule has 9 heteroatoms. The maximum Gasteiger partial charge on any atom is 0.323 e. The van der Waals surface area contributed by atoms with Crippen LogP contribution in [0.3, 0.4) is 0 Å². The Morgan fingerprint density at radius 1 is 1.16 bits per heavy atom. The van der Waals surface area contributed by atoms with Gasteiger partial charge in [-0.1, -0.05) is 34.7 Å². The number of ether oxygens (including phenoxy) is 1. The predicted molar refractivity (Wildman–Crippen MR) is 137 cm³/mol. The van der Waals surface area contributed by atoms with E-state index < -0.39 is 0 Å². The van der Waals surface area contributed by atoms with Crippen molar-refractivity contribution < 1.29 is 9.53 Å². The Kier molecular flexibility index (Phi) is 8.33. The third-order valence-electron chi connectivity index (χ3n) is 4.55. The number of carbonyl (C=O) groups excluding carboxylic acids is 1. The second-order valence-electron chi connectivity index (χ2n) is 7.24. The molecule has 3 rings (SSSR count). The van der Waals surface area contributed by atoms with Gasteiger partial charge in [-0.15, -0.1) is 0 Å². The first-order chi connectivity index (χ1) is 14.9. The van der Waals surface area contributed by atoms with Gasteiger partial charge in [0.2, 0.25) is 0 Å². The number of rotatable bonds is 8. The van der Waals surface area contributed by atoms with E-state index in [0.29, 0.717) is 12.3 Å². The van der Waals surface area contributed by atoms with E-state index in [1.165, 1.54) is 5.56 Å².